The summed E-state index contributed by atoms with van der Waals surface area (Å²) in [5, 5.41) is 2.78. The molecule has 0 spiro atoms. The number of unbranched alkanes of at least 4 members (excludes halogenated alkanes) is 2. The molecular formula is C11H20N2O2. The zero-order valence-electron chi connectivity index (χ0n) is 9.42. The number of hydrogen-bond donors (Lipinski definition) is 1. The van der Waals surface area contributed by atoms with E-state index in [1.54, 1.807) is 0 Å². The van der Waals surface area contributed by atoms with Crippen LogP contribution in [0.15, 0.2) is 0 Å². The van der Waals surface area contributed by atoms with Gasteiger partial charge >= 0.3 is 6.03 Å². The second-order valence-corrected chi connectivity index (χ2v) is 3.94. The molecule has 4 nitrogen and oxygen atoms in total. The summed E-state index contributed by atoms with van der Waals surface area (Å²) in [4.78, 5) is 24.3. The fraction of sp³-hybridized carbons (Fsp3) is 0.818. The summed E-state index contributed by atoms with van der Waals surface area (Å²) in [5.41, 5.74) is 0. The van der Waals surface area contributed by atoms with Crippen LogP contribution in [0.5, 0.6) is 0 Å². The number of hydrogen-bond acceptors (Lipinski definition) is 2. The number of imide groups is 1. The fourth-order valence-electron chi connectivity index (χ4n) is 1.69. The van der Waals surface area contributed by atoms with Crippen molar-refractivity contribution in [1.29, 1.82) is 0 Å². The molecule has 0 atom stereocenters. The average Bonchev–Trinajstić information content (AvgIpc) is 2.25. The largest absolute Gasteiger partial charge is 0.338 e. The molecule has 0 aromatic heterocycles. The third kappa shape index (κ3) is 3.90. The summed E-state index contributed by atoms with van der Waals surface area (Å²) >= 11 is 0. The quantitative estimate of drug-likeness (QED) is 0.723. The smallest absolute Gasteiger partial charge is 0.324 e. The molecule has 1 fully saturated rings. The molecule has 0 aromatic rings. The van der Waals surface area contributed by atoms with E-state index in [0.29, 0.717) is 19.5 Å². The van der Waals surface area contributed by atoms with E-state index in [-0.39, 0.29) is 11.9 Å². The van der Waals surface area contributed by atoms with E-state index in [1.807, 2.05) is 0 Å². The van der Waals surface area contributed by atoms with E-state index in [1.165, 1.54) is 4.90 Å². The minimum Gasteiger partial charge on any atom is -0.338 e. The fourth-order valence-corrected chi connectivity index (χ4v) is 1.69. The molecule has 0 saturated carbocycles. The molecule has 1 aliphatic heterocycles. The number of carbonyl (C=O) groups excluding carboxylic acids is 2. The van der Waals surface area contributed by atoms with E-state index < -0.39 is 0 Å². The van der Waals surface area contributed by atoms with Crippen LogP contribution in [0.1, 0.15) is 45.4 Å². The van der Waals surface area contributed by atoms with Gasteiger partial charge in [-0.25, -0.2) is 4.79 Å². The third-order valence-electron chi connectivity index (χ3n) is 2.63. The molecule has 0 aliphatic carbocycles. The number of piperidine rings is 1. The highest BCUT2D eigenvalue weighted by Gasteiger charge is 2.23. The predicted octanol–water partition coefficient (Wildman–Crippen LogP) is 1.90. The van der Waals surface area contributed by atoms with Gasteiger partial charge < -0.3 is 5.32 Å². The first-order valence-electron chi connectivity index (χ1n) is 5.84. The molecule has 4 heteroatoms. The second kappa shape index (κ2) is 6.43. The van der Waals surface area contributed by atoms with Crippen LogP contribution in [0, 0.1) is 0 Å². The highest BCUT2D eigenvalue weighted by Crippen LogP contribution is 2.10. The SMILES string of the molecule is CCCCCNC(=O)N1CCCCC1=O. The van der Waals surface area contributed by atoms with Crippen LogP contribution in [0.2, 0.25) is 0 Å². The van der Waals surface area contributed by atoms with Gasteiger partial charge in [0.05, 0.1) is 0 Å². The number of urea groups is 1. The van der Waals surface area contributed by atoms with Crippen molar-refractivity contribution in [3.8, 4) is 0 Å². The minimum atomic E-state index is -0.212. The average molecular weight is 212 g/mol. The molecular weight excluding hydrogens is 192 g/mol. The van der Waals surface area contributed by atoms with Crippen LogP contribution in [-0.2, 0) is 4.79 Å². The van der Waals surface area contributed by atoms with Gasteiger partial charge in [-0.2, -0.15) is 0 Å². The lowest BCUT2D eigenvalue weighted by molar-refractivity contribution is -0.130. The maximum atomic E-state index is 11.6. The summed E-state index contributed by atoms with van der Waals surface area (Å²) in [6, 6.07) is -0.212. The standard InChI is InChI=1S/C11H20N2O2/c1-2-3-5-8-12-11(15)13-9-6-4-7-10(13)14/h2-9H2,1H3,(H,12,15). The maximum Gasteiger partial charge on any atom is 0.324 e. The molecule has 1 saturated heterocycles. The van der Waals surface area contributed by atoms with Crippen LogP contribution in [0.25, 0.3) is 0 Å². The first kappa shape index (κ1) is 12.0. The van der Waals surface area contributed by atoms with Crippen molar-refractivity contribution in [2.24, 2.45) is 0 Å². The monoisotopic (exact) mass is 212 g/mol. The van der Waals surface area contributed by atoms with Crippen molar-refractivity contribution >= 4 is 11.9 Å². The third-order valence-corrected chi connectivity index (χ3v) is 2.63. The summed E-state index contributed by atoms with van der Waals surface area (Å²) in [7, 11) is 0. The van der Waals surface area contributed by atoms with E-state index in [2.05, 4.69) is 12.2 Å². The summed E-state index contributed by atoms with van der Waals surface area (Å²) < 4.78 is 0. The van der Waals surface area contributed by atoms with Gasteiger partial charge in [-0.15, -0.1) is 0 Å². The first-order valence-corrected chi connectivity index (χ1v) is 5.84. The molecule has 86 valence electrons. The van der Waals surface area contributed by atoms with Crippen molar-refractivity contribution in [3.63, 3.8) is 0 Å². The molecule has 1 N–H and O–H groups in total. The number of amides is 3. The Morgan fingerprint density at radius 2 is 2.20 bits per heavy atom. The van der Waals surface area contributed by atoms with Crippen LogP contribution in [0.3, 0.4) is 0 Å². The normalized spacial score (nSPS) is 16.6. The Labute approximate surface area is 91.0 Å². The first-order chi connectivity index (χ1) is 7.25. The van der Waals surface area contributed by atoms with Gasteiger partial charge in [-0.3, -0.25) is 9.69 Å². The van der Waals surface area contributed by atoms with Gasteiger partial charge in [0.2, 0.25) is 5.91 Å². The van der Waals surface area contributed by atoms with Crippen LogP contribution in [0.4, 0.5) is 4.79 Å². The summed E-state index contributed by atoms with van der Waals surface area (Å²) in [6.45, 7) is 3.38. The van der Waals surface area contributed by atoms with Crippen molar-refractivity contribution < 1.29 is 9.59 Å². The van der Waals surface area contributed by atoms with Gasteiger partial charge in [0.25, 0.3) is 0 Å². The van der Waals surface area contributed by atoms with Gasteiger partial charge in [0, 0.05) is 19.5 Å². The van der Waals surface area contributed by atoms with E-state index in [0.717, 1.165) is 32.1 Å². The lowest BCUT2D eigenvalue weighted by atomic mass is 10.1. The molecule has 3 amide bonds. The number of nitrogens with zero attached hydrogens (tertiary/aromatic N) is 1. The Balaban J connectivity index is 2.23. The zero-order valence-corrected chi connectivity index (χ0v) is 9.42. The van der Waals surface area contributed by atoms with Crippen molar-refractivity contribution in [1.82, 2.24) is 10.2 Å². The van der Waals surface area contributed by atoms with Crippen LogP contribution < -0.4 is 5.32 Å². The number of rotatable bonds is 4. The van der Waals surface area contributed by atoms with Crippen LogP contribution >= 0.6 is 0 Å². The predicted molar refractivity (Wildman–Crippen MR) is 58.5 cm³/mol. The van der Waals surface area contributed by atoms with E-state index in [4.69, 9.17) is 0 Å². The molecule has 1 heterocycles. The zero-order chi connectivity index (χ0) is 11.1. The van der Waals surface area contributed by atoms with Crippen molar-refractivity contribution in [3.05, 3.63) is 0 Å². The lowest BCUT2D eigenvalue weighted by Gasteiger charge is -2.24. The van der Waals surface area contributed by atoms with E-state index in [9.17, 15) is 9.59 Å². The Hall–Kier alpha value is -1.06. The molecule has 0 unspecified atom stereocenters. The van der Waals surface area contributed by atoms with Crippen molar-refractivity contribution in [2.75, 3.05) is 13.1 Å². The topological polar surface area (TPSA) is 49.4 Å². The molecule has 0 radical (unpaired) electrons. The van der Waals surface area contributed by atoms with Crippen LogP contribution in [-0.4, -0.2) is 29.9 Å². The van der Waals surface area contributed by atoms with Gasteiger partial charge in [0.1, 0.15) is 0 Å². The molecule has 0 bridgehead atoms. The Kier molecular flexibility index (Phi) is 5.15. The maximum absolute atomic E-state index is 11.6. The number of likely N-dealkylation sites (tertiary alicyclic amines) is 1. The van der Waals surface area contributed by atoms with Gasteiger partial charge in [0.15, 0.2) is 0 Å². The van der Waals surface area contributed by atoms with E-state index >= 15 is 0 Å². The molecule has 0 aromatic carbocycles. The Morgan fingerprint density at radius 1 is 1.40 bits per heavy atom. The number of nitrogens with one attached hydrogen (secondary N) is 1. The summed E-state index contributed by atoms with van der Waals surface area (Å²) in [5.74, 6) is -0.0331. The Bertz CT molecular complexity index is 229. The molecule has 1 aliphatic rings. The molecule has 1 rings (SSSR count). The second-order valence-electron chi connectivity index (χ2n) is 3.94. The lowest BCUT2D eigenvalue weighted by Crippen LogP contribution is -2.46. The van der Waals surface area contributed by atoms with Crippen molar-refractivity contribution in [2.45, 2.75) is 45.4 Å². The molecule has 15 heavy (non-hydrogen) atoms. The van der Waals surface area contributed by atoms with Gasteiger partial charge in [-0.05, 0) is 19.3 Å². The summed E-state index contributed by atoms with van der Waals surface area (Å²) in [6.07, 6.45) is 5.62. The highest BCUT2D eigenvalue weighted by molar-refractivity contribution is 5.94. The minimum absolute atomic E-state index is 0.0331. The number of carbonyl (C=O) groups is 2. The highest BCUT2D eigenvalue weighted by atomic mass is 16.2. The Morgan fingerprint density at radius 3 is 2.87 bits per heavy atom. The van der Waals surface area contributed by atoms with Gasteiger partial charge in [-0.1, -0.05) is 19.8 Å².